The summed E-state index contributed by atoms with van der Waals surface area (Å²) in [5, 5.41) is 0.694. The molecule has 30 heavy (non-hydrogen) atoms. The average molecular weight is 551 g/mol. The summed E-state index contributed by atoms with van der Waals surface area (Å²) in [4.78, 5) is 4.38. The third-order valence-electron chi connectivity index (χ3n) is 4.08. The van der Waals surface area contributed by atoms with Gasteiger partial charge in [0, 0.05) is 24.3 Å². The molecular formula is C22H28ClN3ORuS2. The van der Waals surface area contributed by atoms with Gasteiger partial charge in [0.1, 0.15) is 5.75 Å². The fourth-order valence-corrected chi connectivity index (χ4v) is 3.69. The molecule has 0 saturated carbocycles. The largest absolute Gasteiger partial charge is 2.00 e. The predicted octanol–water partition coefficient (Wildman–Crippen LogP) is 6.11. The van der Waals surface area contributed by atoms with Gasteiger partial charge in [0.15, 0.2) is 0 Å². The molecule has 1 aliphatic rings. The molecule has 1 heterocycles. The fraction of sp³-hybridized carbons (Fsp3) is 0.273. The molecule has 0 aromatic heterocycles. The van der Waals surface area contributed by atoms with Crippen molar-refractivity contribution < 1.29 is 24.2 Å². The van der Waals surface area contributed by atoms with Crippen LogP contribution < -0.4 is 4.74 Å². The molecule has 1 fully saturated rings. The quantitative estimate of drug-likeness (QED) is 0.187. The van der Waals surface area contributed by atoms with E-state index in [2.05, 4.69) is 26.1 Å². The summed E-state index contributed by atoms with van der Waals surface area (Å²) in [5.74, 6) is 0.764. The second kappa shape index (κ2) is 15.9. The van der Waals surface area contributed by atoms with E-state index in [1.54, 1.807) is 25.5 Å². The summed E-state index contributed by atoms with van der Waals surface area (Å²) in [6.45, 7) is 9.14. The van der Waals surface area contributed by atoms with Crippen LogP contribution in [-0.4, -0.2) is 54.2 Å². The maximum atomic E-state index is 5.82. The van der Waals surface area contributed by atoms with E-state index >= 15 is 0 Å². The first-order valence-electron chi connectivity index (χ1n) is 8.70. The minimum Gasteiger partial charge on any atom is -0.498 e. The van der Waals surface area contributed by atoms with E-state index in [1.165, 1.54) is 19.2 Å². The number of aliphatic imine (C=N–C) groups is 1. The molecule has 2 aromatic rings. The van der Waals surface area contributed by atoms with Gasteiger partial charge in [-0.15, -0.1) is 0 Å². The van der Waals surface area contributed by atoms with Gasteiger partial charge >= 0.3 is 19.5 Å². The van der Waals surface area contributed by atoms with Gasteiger partial charge in [0.05, 0.1) is 19.5 Å². The van der Waals surface area contributed by atoms with E-state index in [0.29, 0.717) is 5.02 Å². The minimum absolute atomic E-state index is 0. The maximum Gasteiger partial charge on any atom is 2.00 e. The van der Waals surface area contributed by atoms with Crippen LogP contribution in [0.3, 0.4) is 0 Å². The average Bonchev–Trinajstić information content (AvgIpc) is 3.22. The normalized spacial score (nSPS) is 13.7. The number of rotatable bonds is 6. The number of ether oxygens (including phenoxy) is 1. The number of nitrogens with zero attached hydrogens (tertiary/aromatic N) is 3. The SMILES string of the molecule is CSN1CCN(SC)C1.[CH-]=Cc1cc(OC)ccc1C=Nc1ccc(Cl)cc1.[CH3-].[Ru+2]. The molecule has 4 nitrogen and oxygen atoms in total. The molecule has 8 heteroatoms. The first kappa shape index (κ1) is 29.2. The molecule has 2 aromatic carbocycles. The second-order valence-corrected chi connectivity index (χ2v) is 8.01. The summed E-state index contributed by atoms with van der Waals surface area (Å²) >= 11 is 9.48. The van der Waals surface area contributed by atoms with Crippen molar-refractivity contribution in [1.82, 2.24) is 8.61 Å². The molecular weight excluding hydrogens is 523 g/mol. The van der Waals surface area contributed by atoms with Crippen molar-refractivity contribution in [2.75, 3.05) is 39.4 Å². The van der Waals surface area contributed by atoms with Gasteiger partial charge in [0.25, 0.3) is 0 Å². The van der Waals surface area contributed by atoms with Gasteiger partial charge in [-0.1, -0.05) is 53.2 Å². The van der Waals surface area contributed by atoms with Crippen molar-refractivity contribution >= 4 is 53.5 Å². The van der Waals surface area contributed by atoms with Crippen LogP contribution in [0.2, 0.25) is 5.02 Å². The molecule has 0 unspecified atom stereocenters. The first-order valence-corrected chi connectivity index (χ1v) is 11.4. The van der Waals surface area contributed by atoms with Crippen LogP contribution in [0.25, 0.3) is 6.08 Å². The number of benzene rings is 2. The van der Waals surface area contributed by atoms with Crippen LogP contribution >= 0.6 is 35.5 Å². The number of methoxy groups -OCH3 is 1. The molecule has 0 aliphatic carbocycles. The van der Waals surface area contributed by atoms with Crippen LogP contribution in [0.1, 0.15) is 11.1 Å². The molecule has 0 spiro atoms. The Morgan fingerprint density at radius 3 is 2.10 bits per heavy atom. The zero-order valence-corrected chi connectivity index (χ0v) is 21.8. The predicted molar refractivity (Wildman–Crippen MR) is 132 cm³/mol. The summed E-state index contributed by atoms with van der Waals surface area (Å²) in [7, 11) is 1.62. The number of hydrogen-bond donors (Lipinski definition) is 0. The van der Waals surface area contributed by atoms with Crippen LogP contribution in [-0.2, 0) is 19.5 Å². The number of hydrogen-bond acceptors (Lipinski definition) is 6. The van der Waals surface area contributed by atoms with E-state index in [0.717, 1.165) is 29.2 Å². The molecule has 0 N–H and O–H groups in total. The number of halogens is 1. The van der Waals surface area contributed by atoms with Crippen molar-refractivity contribution in [2.45, 2.75) is 0 Å². The molecule has 164 valence electrons. The van der Waals surface area contributed by atoms with Crippen molar-refractivity contribution in [2.24, 2.45) is 4.99 Å². The third-order valence-corrected chi connectivity index (χ3v) is 5.96. The van der Waals surface area contributed by atoms with E-state index in [4.69, 9.17) is 22.9 Å². The second-order valence-electron chi connectivity index (χ2n) is 5.81. The van der Waals surface area contributed by atoms with Gasteiger partial charge in [-0.25, -0.2) is 14.7 Å². The maximum absolute atomic E-state index is 5.82. The molecule has 0 atom stereocenters. The zero-order chi connectivity index (χ0) is 20.4. The zero-order valence-electron chi connectivity index (χ0n) is 17.7. The molecule has 0 bridgehead atoms. The standard InChI is InChI=1S/C16H13ClNO.C5H12N2S2.CH3.Ru/c1-3-12-10-16(19-2)9-4-13(12)11-18-15-7-5-14(17)6-8-15;1-8-6-3-4-7(5-6)9-2;;/h1,3-11H,2H3;3-5H2,1-2H3;1H3;/q-1;;-1;+2. The van der Waals surface area contributed by atoms with Crippen molar-refractivity contribution in [1.29, 1.82) is 0 Å². The monoisotopic (exact) mass is 551 g/mol. The topological polar surface area (TPSA) is 28.1 Å². The fourth-order valence-electron chi connectivity index (χ4n) is 2.45. The molecule has 0 radical (unpaired) electrons. The van der Waals surface area contributed by atoms with E-state index in [-0.39, 0.29) is 26.9 Å². The molecule has 1 aliphatic heterocycles. The summed E-state index contributed by atoms with van der Waals surface area (Å²) in [6.07, 6.45) is 7.56. The van der Waals surface area contributed by atoms with E-state index < -0.39 is 0 Å². The Morgan fingerprint density at radius 2 is 1.63 bits per heavy atom. The van der Waals surface area contributed by atoms with Crippen LogP contribution in [0.15, 0.2) is 47.5 Å². The first-order chi connectivity index (χ1) is 13.6. The molecule has 3 rings (SSSR count). The Bertz CT molecular complexity index is 780. The van der Waals surface area contributed by atoms with Crippen LogP contribution in [0.4, 0.5) is 5.69 Å². The van der Waals surface area contributed by atoms with Gasteiger partial charge in [-0.3, -0.25) is 11.6 Å². The Morgan fingerprint density at radius 1 is 1.03 bits per heavy atom. The summed E-state index contributed by atoms with van der Waals surface area (Å²) in [5.41, 5.74) is 2.64. The van der Waals surface area contributed by atoms with Crippen molar-refractivity contribution in [3.05, 3.63) is 72.6 Å². The van der Waals surface area contributed by atoms with E-state index in [1.807, 2.05) is 54.2 Å². The van der Waals surface area contributed by atoms with Crippen molar-refractivity contribution in [3.63, 3.8) is 0 Å². The Hall–Kier alpha value is -0.817. The third kappa shape index (κ3) is 9.55. The minimum atomic E-state index is 0. The molecule has 0 amide bonds. The smallest absolute Gasteiger partial charge is 0.498 e. The Balaban J connectivity index is 0.000000652. The Labute approximate surface area is 208 Å². The van der Waals surface area contributed by atoms with Gasteiger partial charge < -0.3 is 12.2 Å². The van der Waals surface area contributed by atoms with Gasteiger partial charge in [-0.05, 0) is 42.8 Å². The Kier molecular flexibility index (Phi) is 15.5. The van der Waals surface area contributed by atoms with E-state index in [9.17, 15) is 0 Å². The van der Waals surface area contributed by atoms with Gasteiger partial charge in [0.2, 0.25) is 0 Å². The van der Waals surface area contributed by atoms with Crippen LogP contribution in [0, 0.1) is 14.0 Å². The van der Waals surface area contributed by atoms with Crippen LogP contribution in [0.5, 0.6) is 5.75 Å². The summed E-state index contributed by atoms with van der Waals surface area (Å²) in [6, 6.07) is 13.0. The molecule has 1 saturated heterocycles. The summed E-state index contributed by atoms with van der Waals surface area (Å²) < 4.78 is 9.87. The van der Waals surface area contributed by atoms with Gasteiger partial charge in [-0.2, -0.15) is 5.56 Å². The van der Waals surface area contributed by atoms with Crippen molar-refractivity contribution in [3.8, 4) is 5.75 Å².